The maximum atomic E-state index is 5.83. The molecule has 0 aliphatic carbocycles. The predicted octanol–water partition coefficient (Wildman–Crippen LogP) is 2.91. The third-order valence-electron chi connectivity index (χ3n) is 2.32. The predicted molar refractivity (Wildman–Crippen MR) is 73.7 cm³/mol. The van der Waals surface area contributed by atoms with Crippen LogP contribution in [0.2, 0.25) is 5.54 Å². The van der Waals surface area contributed by atoms with Gasteiger partial charge < -0.3 is 13.3 Å². The molecule has 0 amide bonds. The van der Waals surface area contributed by atoms with Crippen LogP contribution in [-0.2, 0) is 13.3 Å². The topological polar surface area (TPSA) is 40.0 Å². The highest BCUT2D eigenvalue weighted by Crippen LogP contribution is 2.26. The number of rotatable bonds is 9. The van der Waals surface area contributed by atoms with Gasteiger partial charge >= 0.3 is 8.80 Å². The molecule has 0 aromatic rings. The lowest BCUT2D eigenvalue weighted by Crippen LogP contribution is -2.50. The van der Waals surface area contributed by atoms with Crippen molar-refractivity contribution < 1.29 is 13.3 Å². The number of hydrogen-bond acceptors (Lipinski definition) is 4. The van der Waals surface area contributed by atoms with Gasteiger partial charge in [-0.05, 0) is 34.6 Å². The molecule has 4 nitrogen and oxygen atoms in total. The molecule has 17 heavy (non-hydrogen) atoms. The van der Waals surface area contributed by atoms with Gasteiger partial charge in [0.15, 0.2) is 0 Å². The normalized spacial score (nSPS) is 13.5. The molecule has 102 valence electrons. The number of nitrogens with zero attached hydrogens (tertiary/aromatic N) is 1. The average Bonchev–Trinajstić information content (AvgIpc) is 2.26. The zero-order chi connectivity index (χ0) is 13.3. The Labute approximate surface area is 107 Å². The van der Waals surface area contributed by atoms with Crippen LogP contribution in [0.4, 0.5) is 0 Å². The zero-order valence-corrected chi connectivity index (χ0v) is 13.1. The SMILES string of the molecule is CCO[Si](OCC)(OCC)C(C)CN=C(C)C. The lowest BCUT2D eigenvalue weighted by Gasteiger charge is -2.32. The van der Waals surface area contributed by atoms with Crippen LogP contribution < -0.4 is 0 Å². The van der Waals surface area contributed by atoms with Crippen molar-refractivity contribution in [2.24, 2.45) is 4.99 Å². The first-order valence-electron chi connectivity index (χ1n) is 6.41. The van der Waals surface area contributed by atoms with Crippen LogP contribution in [0.5, 0.6) is 0 Å². The summed E-state index contributed by atoms with van der Waals surface area (Å²) in [5, 5.41) is 0. The Morgan fingerprint density at radius 3 is 1.71 bits per heavy atom. The Morgan fingerprint density at radius 2 is 1.41 bits per heavy atom. The summed E-state index contributed by atoms with van der Waals surface area (Å²) in [4.78, 5) is 4.45. The van der Waals surface area contributed by atoms with E-state index in [-0.39, 0.29) is 5.54 Å². The van der Waals surface area contributed by atoms with Gasteiger partial charge in [-0.15, -0.1) is 0 Å². The monoisotopic (exact) mass is 261 g/mol. The van der Waals surface area contributed by atoms with E-state index in [0.29, 0.717) is 26.4 Å². The largest absolute Gasteiger partial charge is 0.505 e. The van der Waals surface area contributed by atoms with Gasteiger partial charge in [0.05, 0.1) is 0 Å². The molecule has 5 heteroatoms. The highest BCUT2D eigenvalue weighted by Gasteiger charge is 2.46. The van der Waals surface area contributed by atoms with E-state index >= 15 is 0 Å². The van der Waals surface area contributed by atoms with Gasteiger partial charge in [-0.3, -0.25) is 4.99 Å². The molecule has 0 radical (unpaired) electrons. The van der Waals surface area contributed by atoms with Crippen molar-refractivity contribution in [2.75, 3.05) is 26.4 Å². The van der Waals surface area contributed by atoms with E-state index in [4.69, 9.17) is 13.3 Å². The maximum Gasteiger partial charge on any atom is 0.505 e. The molecule has 1 unspecified atom stereocenters. The second kappa shape index (κ2) is 8.80. The van der Waals surface area contributed by atoms with Crippen molar-refractivity contribution in [3.8, 4) is 0 Å². The number of hydrogen-bond donors (Lipinski definition) is 0. The molecule has 0 bridgehead atoms. The summed E-state index contributed by atoms with van der Waals surface area (Å²) in [7, 11) is -2.57. The van der Waals surface area contributed by atoms with Gasteiger partial charge in [0.25, 0.3) is 0 Å². The summed E-state index contributed by atoms with van der Waals surface area (Å²) in [5.74, 6) is 0. The van der Waals surface area contributed by atoms with E-state index in [1.807, 2.05) is 34.6 Å². The van der Waals surface area contributed by atoms with Gasteiger partial charge in [0, 0.05) is 37.6 Å². The smallest absolute Gasteiger partial charge is 0.374 e. The van der Waals surface area contributed by atoms with Crippen LogP contribution in [0.3, 0.4) is 0 Å². The van der Waals surface area contributed by atoms with Crippen LogP contribution in [0.15, 0.2) is 4.99 Å². The van der Waals surface area contributed by atoms with E-state index in [0.717, 1.165) is 5.71 Å². The Kier molecular flexibility index (Phi) is 8.68. The third-order valence-corrected chi connectivity index (χ3v) is 5.78. The van der Waals surface area contributed by atoms with Crippen molar-refractivity contribution in [1.29, 1.82) is 0 Å². The Bertz CT molecular complexity index is 213. The Morgan fingerprint density at radius 1 is 1.00 bits per heavy atom. The molecule has 0 spiro atoms. The van der Waals surface area contributed by atoms with Crippen LogP contribution in [0, 0.1) is 0 Å². The second-order valence-corrected chi connectivity index (χ2v) is 7.15. The molecule has 1 atom stereocenters. The van der Waals surface area contributed by atoms with Crippen molar-refractivity contribution in [1.82, 2.24) is 0 Å². The van der Waals surface area contributed by atoms with Gasteiger partial charge in [0.1, 0.15) is 0 Å². The minimum Gasteiger partial charge on any atom is -0.374 e. The molecule has 0 saturated carbocycles. The average molecular weight is 261 g/mol. The van der Waals surface area contributed by atoms with Crippen molar-refractivity contribution in [3.63, 3.8) is 0 Å². The molecule has 0 N–H and O–H groups in total. The van der Waals surface area contributed by atoms with Gasteiger partial charge in [-0.2, -0.15) is 0 Å². The summed E-state index contributed by atoms with van der Waals surface area (Å²) < 4.78 is 17.5. The van der Waals surface area contributed by atoms with E-state index in [1.165, 1.54) is 0 Å². The lowest BCUT2D eigenvalue weighted by molar-refractivity contribution is 0.0633. The molecule has 0 heterocycles. The summed E-state index contributed by atoms with van der Waals surface area (Å²) in [6.07, 6.45) is 0. The summed E-state index contributed by atoms with van der Waals surface area (Å²) in [6.45, 7) is 14.6. The summed E-state index contributed by atoms with van der Waals surface area (Å²) in [6, 6.07) is 0. The fourth-order valence-corrected chi connectivity index (χ4v) is 4.21. The molecule has 0 rings (SSSR count). The van der Waals surface area contributed by atoms with Crippen molar-refractivity contribution in [3.05, 3.63) is 0 Å². The number of aliphatic imine (C=N–C) groups is 1. The molecule has 0 aliphatic rings. The fraction of sp³-hybridized carbons (Fsp3) is 0.917. The summed E-state index contributed by atoms with van der Waals surface area (Å²) in [5.41, 5.74) is 1.27. The van der Waals surface area contributed by atoms with Crippen molar-refractivity contribution in [2.45, 2.75) is 47.1 Å². The van der Waals surface area contributed by atoms with E-state index < -0.39 is 8.80 Å². The van der Waals surface area contributed by atoms with Crippen LogP contribution in [0.1, 0.15) is 41.5 Å². The lowest BCUT2D eigenvalue weighted by atomic mass is 10.4. The van der Waals surface area contributed by atoms with Crippen molar-refractivity contribution >= 4 is 14.5 Å². The molecule has 0 aromatic carbocycles. The Hall–Kier alpha value is -0.233. The van der Waals surface area contributed by atoms with Gasteiger partial charge in [-0.25, -0.2) is 0 Å². The highest BCUT2D eigenvalue weighted by atomic mass is 28.4. The molecular weight excluding hydrogens is 234 g/mol. The molecule has 0 saturated heterocycles. The van der Waals surface area contributed by atoms with E-state index in [2.05, 4.69) is 11.9 Å². The van der Waals surface area contributed by atoms with Gasteiger partial charge in [-0.1, -0.05) is 6.92 Å². The highest BCUT2D eigenvalue weighted by molar-refractivity contribution is 6.62. The van der Waals surface area contributed by atoms with Crippen LogP contribution in [-0.4, -0.2) is 40.9 Å². The molecule has 0 aliphatic heterocycles. The Balaban J connectivity index is 4.76. The maximum absolute atomic E-state index is 5.83. The van der Waals surface area contributed by atoms with E-state index in [9.17, 15) is 0 Å². The summed E-state index contributed by atoms with van der Waals surface area (Å²) >= 11 is 0. The minimum atomic E-state index is -2.57. The third kappa shape index (κ3) is 5.77. The first-order valence-corrected chi connectivity index (χ1v) is 8.22. The molecule has 0 fully saturated rings. The molecular formula is C12H27NO3Si. The fourth-order valence-electron chi connectivity index (χ4n) is 1.59. The first-order chi connectivity index (χ1) is 8.02. The second-order valence-electron chi connectivity index (χ2n) is 4.09. The van der Waals surface area contributed by atoms with E-state index in [1.54, 1.807) is 0 Å². The van der Waals surface area contributed by atoms with Gasteiger partial charge in [0.2, 0.25) is 0 Å². The van der Waals surface area contributed by atoms with Crippen LogP contribution in [0.25, 0.3) is 0 Å². The minimum absolute atomic E-state index is 0.192. The quantitative estimate of drug-likeness (QED) is 0.473. The first kappa shape index (κ1) is 16.8. The molecule has 0 aromatic heterocycles. The van der Waals surface area contributed by atoms with Crippen LogP contribution >= 0.6 is 0 Å². The zero-order valence-electron chi connectivity index (χ0n) is 12.1. The standard InChI is InChI=1S/C12H27NO3Si/c1-7-14-17(15-8-2,16-9-3)12(6)10-13-11(4)5/h12H,7-10H2,1-6H3.